The summed E-state index contributed by atoms with van der Waals surface area (Å²) in [7, 11) is 3.21. The molecule has 0 aliphatic carbocycles. The van der Waals surface area contributed by atoms with Crippen molar-refractivity contribution in [3.8, 4) is 0 Å². The molecule has 7 nitrogen and oxygen atoms in total. The van der Waals surface area contributed by atoms with Crippen molar-refractivity contribution in [3.63, 3.8) is 0 Å². The van der Waals surface area contributed by atoms with E-state index in [1.807, 2.05) is 30.3 Å². The highest BCUT2D eigenvalue weighted by atomic mass is 16.5. The van der Waals surface area contributed by atoms with Crippen LogP contribution in [0, 0.1) is 0 Å². The number of para-hydroxylation sites is 2. The Morgan fingerprint density at radius 1 is 1.14 bits per heavy atom. The van der Waals surface area contributed by atoms with Gasteiger partial charge in [0.05, 0.1) is 24.1 Å². The molecule has 2 heterocycles. The third-order valence-corrected chi connectivity index (χ3v) is 4.58. The van der Waals surface area contributed by atoms with Crippen molar-refractivity contribution in [2.75, 3.05) is 14.2 Å². The molecule has 0 fully saturated rings. The molecule has 1 amide bonds. The fourth-order valence-electron chi connectivity index (χ4n) is 3.24. The molecule has 0 aliphatic heterocycles. The van der Waals surface area contributed by atoms with E-state index >= 15 is 0 Å². The number of H-pyrrole nitrogens is 1. The lowest BCUT2D eigenvalue weighted by Crippen LogP contribution is -2.28. The van der Waals surface area contributed by atoms with E-state index in [-0.39, 0.29) is 30.4 Å². The minimum Gasteiger partial charge on any atom is -0.451 e. The zero-order chi connectivity index (χ0) is 19.7. The van der Waals surface area contributed by atoms with Gasteiger partial charge in [-0.2, -0.15) is 0 Å². The van der Waals surface area contributed by atoms with Crippen LogP contribution in [0.25, 0.3) is 21.9 Å². The van der Waals surface area contributed by atoms with Crippen molar-refractivity contribution in [2.45, 2.75) is 13.2 Å². The fourth-order valence-corrected chi connectivity index (χ4v) is 3.24. The molecule has 0 atom stereocenters. The number of amides is 1. The Morgan fingerprint density at radius 3 is 2.64 bits per heavy atom. The van der Waals surface area contributed by atoms with E-state index < -0.39 is 0 Å². The minimum atomic E-state index is -0.306. The van der Waals surface area contributed by atoms with Crippen LogP contribution in [0.5, 0.6) is 0 Å². The van der Waals surface area contributed by atoms with Crippen LogP contribution in [0.15, 0.2) is 57.7 Å². The first kappa shape index (κ1) is 17.9. The van der Waals surface area contributed by atoms with Crippen molar-refractivity contribution in [1.29, 1.82) is 0 Å². The van der Waals surface area contributed by atoms with E-state index in [0.29, 0.717) is 27.9 Å². The van der Waals surface area contributed by atoms with Crippen molar-refractivity contribution in [3.05, 3.63) is 76.0 Å². The summed E-state index contributed by atoms with van der Waals surface area (Å²) >= 11 is 0. The molecule has 0 saturated carbocycles. The topological polar surface area (TPSA) is 88.4 Å². The number of carbonyl (C=O) groups excluding carboxylic acids is 1. The van der Waals surface area contributed by atoms with E-state index in [1.54, 1.807) is 32.4 Å². The van der Waals surface area contributed by atoms with Crippen molar-refractivity contribution in [1.82, 2.24) is 14.9 Å². The highest BCUT2D eigenvalue weighted by Gasteiger charge is 2.24. The monoisotopic (exact) mass is 377 g/mol. The van der Waals surface area contributed by atoms with Crippen LogP contribution in [0.1, 0.15) is 21.9 Å². The Morgan fingerprint density at radius 2 is 1.86 bits per heavy atom. The molecule has 4 rings (SSSR count). The Labute approximate surface area is 160 Å². The van der Waals surface area contributed by atoms with Gasteiger partial charge in [-0.1, -0.05) is 30.3 Å². The van der Waals surface area contributed by atoms with E-state index in [9.17, 15) is 9.59 Å². The second kappa shape index (κ2) is 7.28. The number of carbonyl (C=O) groups is 1. The SMILES string of the molecule is COCc1c(C(=O)N(C)Cc2nc3ccccc3c(=O)[nH]2)oc2ccccc12. The number of furan rings is 1. The van der Waals surface area contributed by atoms with Crippen LogP contribution in [-0.2, 0) is 17.9 Å². The maximum atomic E-state index is 13.0. The second-order valence-electron chi connectivity index (χ2n) is 6.53. The van der Waals surface area contributed by atoms with Gasteiger partial charge >= 0.3 is 0 Å². The molecule has 0 spiro atoms. The average molecular weight is 377 g/mol. The quantitative estimate of drug-likeness (QED) is 0.577. The van der Waals surface area contributed by atoms with Crippen LogP contribution in [0.3, 0.4) is 0 Å². The third kappa shape index (κ3) is 3.16. The van der Waals surface area contributed by atoms with Gasteiger partial charge in [-0.3, -0.25) is 9.59 Å². The summed E-state index contributed by atoms with van der Waals surface area (Å²) in [5.74, 6) is 0.330. The molecular formula is C21H19N3O4. The molecule has 0 saturated heterocycles. The first-order valence-electron chi connectivity index (χ1n) is 8.81. The lowest BCUT2D eigenvalue weighted by Gasteiger charge is -2.16. The summed E-state index contributed by atoms with van der Waals surface area (Å²) in [5.41, 5.74) is 1.69. The van der Waals surface area contributed by atoms with Gasteiger partial charge in [0.1, 0.15) is 11.4 Å². The maximum absolute atomic E-state index is 13.0. The first-order chi connectivity index (χ1) is 13.6. The summed E-state index contributed by atoms with van der Waals surface area (Å²) in [6, 6.07) is 14.5. The van der Waals surface area contributed by atoms with Gasteiger partial charge in [-0.15, -0.1) is 0 Å². The zero-order valence-corrected chi connectivity index (χ0v) is 15.6. The molecule has 0 radical (unpaired) electrons. The predicted molar refractivity (Wildman–Crippen MR) is 105 cm³/mol. The number of methoxy groups -OCH3 is 1. The van der Waals surface area contributed by atoms with Crippen LogP contribution in [-0.4, -0.2) is 34.9 Å². The second-order valence-corrected chi connectivity index (χ2v) is 6.53. The molecule has 2 aromatic heterocycles. The van der Waals surface area contributed by atoms with Crippen molar-refractivity contribution < 1.29 is 13.9 Å². The maximum Gasteiger partial charge on any atom is 0.290 e. The van der Waals surface area contributed by atoms with Crippen molar-refractivity contribution >= 4 is 27.8 Å². The molecule has 7 heteroatoms. The number of aromatic nitrogens is 2. The molecule has 0 unspecified atom stereocenters. The van der Waals surface area contributed by atoms with E-state index in [0.717, 1.165) is 5.39 Å². The summed E-state index contributed by atoms with van der Waals surface area (Å²) in [4.78, 5) is 33.9. The number of benzene rings is 2. The fraction of sp³-hybridized carbons (Fsp3) is 0.190. The highest BCUT2D eigenvalue weighted by Crippen LogP contribution is 2.27. The van der Waals surface area contributed by atoms with Gasteiger partial charge in [0.25, 0.3) is 11.5 Å². The van der Waals surface area contributed by atoms with Gasteiger partial charge < -0.3 is 19.0 Å². The molecule has 4 aromatic rings. The largest absolute Gasteiger partial charge is 0.451 e. The number of hydrogen-bond acceptors (Lipinski definition) is 5. The predicted octanol–water partition coefficient (Wildman–Crippen LogP) is 3.09. The van der Waals surface area contributed by atoms with E-state index in [1.165, 1.54) is 4.90 Å². The minimum absolute atomic E-state index is 0.141. The van der Waals surface area contributed by atoms with Gasteiger partial charge in [0.2, 0.25) is 0 Å². The van der Waals surface area contributed by atoms with Crippen LogP contribution >= 0.6 is 0 Å². The third-order valence-electron chi connectivity index (χ3n) is 4.58. The van der Waals surface area contributed by atoms with E-state index in [4.69, 9.17) is 9.15 Å². The summed E-state index contributed by atoms with van der Waals surface area (Å²) < 4.78 is 11.1. The standard InChI is InChI=1S/C21H19N3O4/c1-24(11-18-22-16-9-5-3-8-14(16)20(25)23-18)21(26)19-15(12-27-2)13-7-4-6-10-17(13)28-19/h3-10H,11-12H2,1-2H3,(H,22,23,25). The van der Waals surface area contributed by atoms with Crippen LogP contribution in [0.2, 0.25) is 0 Å². The number of nitrogens with one attached hydrogen (secondary N) is 1. The summed E-state index contributed by atoms with van der Waals surface area (Å²) in [6.07, 6.45) is 0. The number of hydrogen-bond donors (Lipinski definition) is 1. The van der Waals surface area contributed by atoms with Crippen molar-refractivity contribution in [2.24, 2.45) is 0 Å². The summed E-state index contributed by atoms with van der Waals surface area (Å²) in [5, 5.41) is 1.36. The Hall–Kier alpha value is -3.45. The molecule has 0 aliphatic rings. The number of rotatable bonds is 5. The number of fused-ring (bicyclic) bond motifs is 2. The van der Waals surface area contributed by atoms with Gasteiger partial charge in [0, 0.05) is 25.1 Å². The van der Waals surface area contributed by atoms with Gasteiger partial charge in [-0.05, 0) is 18.2 Å². The molecule has 142 valence electrons. The lowest BCUT2D eigenvalue weighted by atomic mass is 10.1. The number of ether oxygens (including phenoxy) is 1. The molecule has 28 heavy (non-hydrogen) atoms. The molecular weight excluding hydrogens is 358 g/mol. The Kier molecular flexibility index (Phi) is 4.67. The van der Waals surface area contributed by atoms with Gasteiger partial charge in [0.15, 0.2) is 5.76 Å². The zero-order valence-electron chi connectivity index (χ0n) is 15.6. The summed E-state index contributed by atoms with van der Waals surface area (Å²) in [6.45, 7) is 0.402. The van der Waals surface area contributed by atoms with Crippen LogP contribution < -0.4 is 5.56 Å². The average Bonchev–Trinajstić information content (AvgIpc) is 3.06. The molecule has 1 N–H and O–H groups in total. The molecule has 2 aromatic carbocycles. The molecule has 0 bridgehead atoms. The lowest BCUT2D eigenvalue weighted by molar-refractivity contribution is 0.0745. The first-order valence-corrected chi connectivity index (χ1v) is 8.81. The number of nitrogens with zero attached hydrogens (tertiary/aromatic N) is 2. The Bertz CT molecular complexity index is 1230. The van der Waals surface area contributed by atoms with E-state index in [2.05, 4.69) is 9.97 Å². The van der Waals surface area contributed by atoms with Gasteiger partial charge in [-0.25, -0.2) is 4.98 Å². The number of aromatic amines is 1. The normalized spacial score (nSPS) is 11.2. The highest BCUT2D eigenvalue weighted by molar-refractivity contribution is 5.98. The van der Waals surface area contributed by atoms with Crippen LogP contribution in [0.4, 0.5) is 0 Å². The Balaban J connectivity index is 1.66. The smallest absolute Gasteiger partial charge is 0.290 e.